The van der Waals surface area contributed by atoms with Gasteiger partial charge in [0.05, 0.1) is 17.1 Å². The van der Waals surface area contributed by atoms with Crippen LogP contribution in [-0.2, 0) is 0 Å². The van der Waals surface area contributed by atoms with Gasteiger partial charge in [0.2, 0.25) is 0 Å². The summed E-state index contributed by atoms with van der Waals surface area (Å²) in [5, 5.41) is 6.60. The number of aryl methyl sites for hydroxylation is 1. The number of aromatic nitrogens is 1. The molecule has 2 aliphatic rings. The van der Waals surface area contributed by atoms with Crippen molar-refractivity contribution < 1.29 is 18.0 Å². The fraction of sp³-hybridized carbons (Fsp3) is 0.417. The van der Waals surface area contributed by atoms with Gasteiger partial charge in [-0.2, -0.15) is 0 Å². The summed E-state index contributed by atoms with van der Waals surface area (Å²) < 4.78 is 43.8. The minimum atomic E-state index is -0.499. The van der Waals surface area contributed by atoms with Gasteiger partial charge in [0.25, 0.3) is 5.91 Å². The number of nitrogens with two attached hydrogens (primary N) is 1. The summed E-state index contributed by atoms with van der Waals surface area (Å²) in [4.78, 5) is 19.5. The lowest BCUT2D eigenvalue weighted by Crippen LogP contribution is -2.51. The molecule has 2 aromatic heterocycles. The molecule has 3 aromatic rings. The molecule has 10 heteroatoms. The minimum Gasteiger partial charge on any atom is -0.397 e. The fourth-order valence-electron chi connectivity index (χ4n) is 4.87. The highest BCUT2D eigenvalue weighted by Crippen LogP contribution is 2.34. The largest absolute Gasteiger partial charge is 0.397 e. The number of hydrogen-bond donors (Lipinski definition) is 3. The van der Waals surface area contributed by atoms with Gasteiger partial charge in [-0.1, -0.05) is 6.92 Å². The Balaban J connectivity index is 1.29. The quantitative estimate of drug-likeness (QED) is 0.503. The lowest BCUT2D eigenvalue weighted by molar-refractivity contribution is 0.0956. The molecule has 4 heterocycles. The van der Waals surface area contributed by atoms with Gasteiger partial charge in [0, 0.05) is 49.1 Å². The van der Waals surface area contributed by atoms with Crippen LogP contribution in [0.4, 0.5) is 24.5 Å². The monoisotopic (exact) mass is 489 g/mol. The van der Waals surface area contributed by atoms with Crippen LogP contribution in [0.5, 0.6) is 0 Å². The van der Waals surface area contributed by atoms with Crippen molar-refractivity contribution in [2.45, 2.75) is 44.7 Å². The van der Waals surface area contributed by atoms with Crippen LogP contribution in [0.1, 0.15) is 46.6 Å². The highest BCUT2D eigenvalue weighted by atomic mass is 32.1. The number of anilines is 2. The zero-order valence-electron chi connectivity index (χ0n) is 18.9. The van der Waals surface area contributed by atoms with E-state index in [-0.39, 0.29) is 34.1 Å². The molecular weight excluding hydrogens is 463 g/mol. The smallest absolute Gasteiger partial charge is 0.263 e. The molecule has 0 radical (unpaired) electrons. The van der Waals surface area contributed by atoms with Crippen molar-refractivity contribution >= 4 is 38.8 Å². The van der Waals surface area contributed by atoms with Gasteiger partial charge < -0.3 is 21.3 Å². The van der Waals surface area contributed by atoms with Crippen molar-refractivity contribution in [3.63, 3.8) is 0 Å². The third-order valence-corrected chi connectivity index (χ3v) is 7.89. The van der Waals surface area contributed by atoms with Gasteiger partial charge in [-0.25, -0.2) is 18.2 Å². The molecule has 6 nitrogen and oxygen atoms in total. The molecule has 0 aliphatic carbocycles. The van der Waals surface area contributed by atoms with Gasteiger partial charge in [-0.15, -0.1) is 11.3 Å². The molecule has 180 valence electrons. The maximum atomic E-state index is 15.0. The molecule has 3 atom stereocenters. The second kappa shape index (κ2) is 8.74. The van der Waals surface area contributed by atoms with Crippen molar-refractivity contribution in [3.05, 3.63) is 51.8 Å². The predicted molar refractivity (Wildman–Crippen MR) is 128 cm³/mol. The maximum absolute atomic E-state index is 15.0. The predicted octanol–water partition coefficient (Wildman–Crippen LogP) is 4.08. The van der Waals surface area contributed by atoms with Crippen LogP contribution < -0.4 is 21.3 Å². The van der Waals surface area contributed by atoms with E-state index in [1.165, 1.54) is 25.1 Å². The van der Waals surface area contributed by atoms with Crippen molar-refractivity contribution in [1.29, 1.82) is 0 Å². The second-order valence-electron chi connectivity index (χ2n) is 9.23. The molecule has 34 heavy (non-hydrogen) atoms. The summed E-state index contributed by atoms with van der Waals surface area (Å²) in [5.41, 5.74) is 6.92. The average molecular weight is 490 g/mol. The summed E-state index contributed by atoms with van der Waals surface area (Å²) in [5.74, 6) is -2.39. The lowest BCUT2D eigenvalue weighted by atomic mass is 9.99. The number of rotatable bonds is 5. The fourth-order valence-corrected chi connectivity index (χ4v) is 5.91. The van der Waals surface area contributed by atoms with Gasteiger partial charge in [-0.05, 0) is 37.5 Å². The van der Waals surface area contributed by atoms with Crippen molar-refractivity contribution in [1.82, 2.24) is 15.6 Å². The Hall–Kier alpha value is -2.85. The van der Waals surface area contributed by atoms with Gasteiger partial charge >= 0.3 is 0 Å². The molecule has 2 aliphatic heterocycles. The Morgan fingerprint density at radius 1 is 1.21 bits per heavy atom. The van der Waals surface area contributed by atoms with Crippen LogP contribution >= 0.6 is 11.3 Å². The number of hydrogen-bond acceptors (Lipinski definition) is 6. The number of carbonyl (C=O) groups is 1. The summed E-state index contributed by atoms with van der Waals surface area (Å²) in [7, 11) is 0. The van der Waals surface area contributed by atoms with E-state index in [4.69, 9.17) is 5.73 Å². The first kappa shape index (κ1) is 22.9. The normalized spacial score (nSPS) is 20.7. The number of amides is 1. The molecule has 5 rings (SSSR count). The van der Waals surface area contributed by atoms with Crippen molar-refractivity contribution in [3.8, 4) is 0 Å². The molecule has 0 saturated carbocycles. The minimum absolute atomic E-state index is 0.0842. The second-order valence-corrected chi connectivity index (χ2v) is 10.2. The number of fused-ring (bicyclic) bond motifs is 3. The first-order valence-corrected chi connectivity index (χ1v) is 12.2. The Kier molecular flexibility index (Phi) is 5.89. The van der Waals surface area contributed by atoms with E-state index in [1.807, 2.05) is 4.90 Å². The molecule has 1 amide bonds. The number of halogens is 3. The Labute approximate surface area is 199 Å². The zero-order valence-corrected chi connectivity index (χ0v) is 19.7. The van der Waals surface area contributed by atoms with E-state index < -0.39 is 29.3 Å². The van der Waals surface area contributed by atoms with E-state index in [9.17, 15) is 18.0 Å². The molecular formula is C24H26F3N5OS. The number of benzene rings is 1. The number of carbonyl (C=O) groups excluding carboxylic acids is 1. The highest BCUT2D eigenvalue weighted by Gasteiger charge is 2.33. The Morgan fingerprint density at radius 2 is 1.91 bits per heavy atom. The van der Waals surface area contributed by atoms with Crippen LogP contribution in [0.25, 0.3) is 10.2 Å². The molecule has 2 fully saturated rings. The number of nitrogens with one attached hydrogen (secondary N) is 2. The van der Waals surface area contributed by atoms with Crippen LogP contribution in [0.15, 0.2) is 18.2 Å². The molecule has 1 aromatic carbocycles. The molecule has 2 saturated heterocycles. The van der Waals surface area contributed by atoms with Crippen LogP contribution in [0.3, 0.4) is 0 Å². The average Bonchev–Trinajstić information content (AvgIpc) is 3.31. The third-order valence-electron chi connectivity index (χ3n) is 6.78. The Bertz CT molecular complexity index is 1270. The standard InChI is InChI=1S/C24H26F3N5OS/c1-11(8-29-23(33)22-21(28)16-6-17(25)12(2)30-24(16)34-22)15-5-19(27)20(7-18(15)26)32-9-13-3-4-14(10-32)31-13/h5-7,11,13-14,31H,3-4,8-10,28H2,1-2H3,(H,29,33)/t11-,13?,14?/m0/s1. The van der Waals surface area contributed by atoms with Crippen LogP contribution in [-0.4, -0.2) is 42.6 Å². The van der Waals surface area contributed by atoms with Gasteiger partial charge in [-0.3, -0.25) is 4.79 Å². The molecule has 4 N–H and O–H groups in total. The number of pyridine rings is 1. The van der Waals surface area contributed by atoms with E-state index in [1.54, 1.807) is 6.92 Å². The van der Waals surface area contributed by atoms with E-state index >= 15 is 0 Å². The van der Waals surface area contributed by atoms with Gasteiger partial charge in [0.1, 0.15) is 27.2 Å². The number of thiophene rings is 1. The molecule has 2 unspecified atom stereocenters. The lowest BCUT2D eigenvalue weighted by Gasteiger charge is -2.35. The first-order chi connectivity index (χ1) is 16.2. The number of nitrogen functional groups attached to an aromatic ring is 1. The molecule has 2 bridgehead atoms. The third kappa shape index (κ3) is 4.09. The first-order valence-electron chi connectivity index (χ1n) is 11.3. The maximum Gasteiger partial charge on any atom is 0.263 e. The topological polar surface area (TPSA) is 83.3 Å². The summed E-state index contributed by atoms with van der Waals surface area (Å²) >= 11 is 1.07. The van der Waals surface area contributed by atoms with Crippen LogP contribution in [0.2, 0.25) is 0 Å². The van der Waals surface area contributed by atoms with E-state index in [2.05, 4.69) is 15.6 Å². The van der Waals surface area contributed by atoms with Crippen molar-refractivity contribution in [2.75, 3.05) is 30.3 Å². The van der Waals surface area contributed by atoms with E-state index in [0.29, 0.717) is 35.4 Å². The Morgan fingerprint density at radius 3 is 2.62 bits per heavy atom. The summed E-state index contributed by atoms with van der Waals surface area (Å²) in [6.45, 7) is 4.66. The van der Waals surface area contributed by atoms with E-state index in [0.717, 1.165) is 24.2 Å². The van der Waals surface area contributed by atoms with Crippen molar-refractivity contribution in [2.24, 2.45) is 0 Å². The summed E-state index contributed by atoms with van der Waals surface area (Å²) in [6, 6.07) is 4.39. The summed E-state index contributed by atoms with van der Waals surface area (Å²) in [6.07, 6.45) is 2.10. The van der Waals surface area contributed by atoms with Crippen LogP contribution in [0, 0.1) is 24.4 Å². The number of piperazine rings is 1. The SMILES string of the molecule is Cc1nc2sc(C(=O)NC[C@H](C)c3cc(F)c(N4CC5CCC(C4)N5)cc3F)c(N)c2cc1F. The highest BCUT2D eigenvalue weighted by molar-refractivity contribution is 7.21. The molecule has 0 spiro atoms. The zero-order chi connectivity index (χ0) is 24.1. The number of nitrogens with zero attached hydrogens (tertiary/aromatic N) is 2. The van der Waals surface area contributed by atoms with Gasteiger partial charge in [0.15, 0.2) is 0 Å².